The van der Waals surface area contributed by atoms with Gasteiger partial charge in [-0.1, -0.05) is 12.1 Å². The molecule has 0 bridgehead atoms. The second kappa shape index (κ2) is 5.73. The third kappa shape index (κ3) is 2.89. The molecule has 1 aromatic carbocycles. The molecule has 0 spiro atoms. The zero-order valence-electron chi connectivity index (χ0n) is 11.5. The minimum Gasteiger partial charge on any atom is -0.445 e. The second-order valence-corrected chi connectivity index (χ2v) is 5.11. The van der Waals surface area contributed by atoms with E-state index < -0.39 is 0 Å². The van der Waals surface area contributed by atoms with Crippen molar-refractivity contribution in [2.75, 3.05) is 19.6 Å². The van der Waals surface area contributed by atoms with E-state index in [-0.39, 0.29) is 11.9 Å². The van der Waals surface area contributed by atoms with E-state index >= 15 is 0 Å². The number of aromatic nitrogens is 1. The number of nitrogens with one attached hydrogen (secondary N) is 1. The summed E-state index contributed by atoms with van der Waals surface area (Å²) in [6, 6.07) is 6.94. The van der Waals surface area contributed by atoms with Gasteiger partial charge in [0, 0.05) is 25.7 Å². The van der Waals surface area contributed by atoms with Crippen LogP contribution in [0.5, 0.6) is 0 Å². The van der Waals surface area contributed by atoms with E-state index in [1.165, 1.54) is 6.07 Å². The number of piperazine rings is 1. The first-order valence-corrected chi connectivity index (χ1v) is 6.84. The van der Waals surface area contributed by atoms with E-state index in [0.717, 1.165) is 31.0 Å². The predicted octanol–water partition coefficient (Wildman–Crippen LogP) is 2.27. The molecule has 106 valence electrons. The van der Waals surface area contributed by atoms with Gasteiger partial charge in [-0.2, -0.15) is 0 Å². The molecule has 5 heteroatoms. The van der Waals surface area contributed by atoms with Crippen molar-refractivity contribution in [3.8, 4) is 0 Å². The number of aryl methyl sites for hydroxylation is 1. The number of benzene rings is 1. The van der Waals surface area contributed by atoms with E-state index in [1.807, 2.05) is 13.0 Å². The monoisotopic (exact) mass is 275 g/mol. The van der Waals surface area contributed by atoms with Crippen molar-refractivity contribution in [3.05, 3.63) is 53.5 Å². The average molecular weight is 275 g/mol. The van der Waals surface area contributed by atoms with Gasteiger partial charge in [0.2, 0.25) is 5.89 Å². The Morgan fingerprint density at radius 3 is 3.15 bits per heavy atom. The molecule has 1 atom stereocenters. The highest BCUT2D eigenvalue weighted by atomic mass is 19.1. The van der Waals surface area contributed by atoms with Crippen molar-refractivity contribution in [2.24, 2.45) is 0 Å². The van der Waals surface area contributed by atoms with Crippen LogP contribution in [0.15, 0.2) is 34.9 Å². The molecule has 0 aliphatic carbocycles. The number of rotatable bonds is 3. The van der Waals surface area contributed by atoms with Crippen LogP contribution in [-0.4, -0.2) is 29.5 Å². The zero-order valence-corrected chi connectivity index (χ0v) is 11.5. The first-order chi connectivity index (χ1) is 9.72. The van der Waals surface area contributed by atoms with Crippen LogP contribution in [0.25, 0.3) is 0 Å². The highest BCUT2D eigenvalue weighted by Gasteiger charge is 2.25. The van der Waals surface area contributed by atoms with Gasteiger partial charge in [0.1, 0.15) is 11.6 Å². The molecule has 1 unspecified atom stereocenters. The van der Waals surface area contributed by atoms with Crippen LogP contribution < -0.4 is 5.32 Å². The molecule has 0 saturated carbocycles. The van der Waals surface area contributed by atoms with Crippen LogP contribution in [-0.2, 0) is 6.54 Å². The molecule has 4 nitrogen and oxygen atoms in total. The van der Waals surface area contributed by atoms with E-state index in [2.05, 4.69) is 15.2 Å². The fourth-order valence-corrected chi connectivity index (χ4v) is 2.63. The standard InChI is InChI=1S/C15H18FN3O/c1-11-8-18-15(20-11)10-19-6-5-17-9-14(19)12-3-2-4-13(16)7-12/h2-4,7-8,14,17H,5-6,9-10H2,1H3. The maximum atomic E-state index is 13.4. The largest absolute Gasteiger partial charge is 0.445 e. The highest BCUT2D eigenvalue weighted by molar-refractivity contribution is 5.21. The second-order valence-electron chi connectivity index (χ2n) is 5.11. The molecule has 1 N–H and O–H groups in total. The Hall–Kier alpha value is -1.72. The van der Waals surface area contributed by atoms with Crippen molar-refractivity contribution in [1.82, 2.24) is 15.2 Å². The quantitative estimate of drug-likeness (QED) is 0.933. The van der Waals surface area contributed by atoms with Crippen molar-refractivity contribution in [3.63, 3.8) is 0 Å². The van der Waals surface area contributed by atoms with Crippen LogP contribution in [0.3, 0.4) is 0 Å². The van der Waals surface area contributed by atoms with Gasteiger partial charge in [0.25, 0.3) is 0 Å². The summed E-state index contributed by atoms with van der Waals surface area (Å²) >= 11 is 0. The molecule has 3 rings (SSSR count). The fourth-order valence-electron chi connectivity index (χ4n) is 2.63. The molecular formula is C15H18FN3O. The Bertz CT molecular complexity index is 584. The van der Waals surface area contributed by atoms with Gasteiger partial charge in [-0.25, -0.2) is 9.37 Å². The van der Waals surface area contributed by atoms with Gasteiger partial charge in [0.15, 0.2) is 0 Å². The van der Waals surface area contributed by atoms with Gasteiger partial charge < -0.3 is 9.73 Å². The number of nitrogens with zero attached hydrogens (tertiary/aromatic N) is 2. The normalized spacial score (nSPS) is 20.2. The van der Waals surface area contributed by atoms with Gasteiger partial charge in [-0.3, -0.25) is 4.90 Å². The number of oxazole rings is 1. The molecule has 20 heavy (non-hydrogen) atoms. The Morgan fingerprint density at radius 1 is 1.50 bits per heavy atom. The molecule has 1 aliphatic heterocycles. The van der Waals surface area contributed by atoms with E-state index in [4.69, 9.17) is 4.42 Å². The lowest BCUT2D eigenvalue weighted by atomic mass is 10.0. The summed E-state index contributed by atoms with van der Waals surface area (Å²) in [7, 11) is 0. The summed E-state index contributed by atoms with van der Waals surface area (Å²) in [4.78, 5) is 6.53. The Morgan fingerprint density at radius 2 is 2.40 bits per heavy atom. The molecule has 0 radical (unpaired) electrons. The summed E-state index contributed by atoms with van der Waals surface area (Å²) < 4.78 is 19.0. The van der Waals surface area contributed by atoms with Crippen LogP contribution >= 0.6 is 0 Å². The third-order valence-corrected chi connectivity index (χ3v) is 3.60. The molecule has 1 fully saturated rings. The van der Waals surface area contributed by atoms with Gasteiger partial charge >= 0.3 is 0 Å². The number of halogens is 1. The highest BCUT2D eigenvalue weighted by Crippen LogP contribution is 2.24. The molecule has 1 aliphatic rings. The first-order valence-electron chi connectivity index (χ1n) is 6.84. The SMILES string of the molecule is Cc1cnc(CN2CCNCC2c2cccc(F)c2)o1. The van der Waals surface area contributed by atoms with Gasteiger partial charge in [0.05, 0.1) is 12.7 Å². The third-order valence-electron chi connectivity index (χ3n) is 3.60. The summed E-state index contributed by atoms with van der Waals surface area (Å²) in [6.07, 6.45) is 1.73. The lowest BCUT2D eigenvalue weighted by Gasteiger charge is -2.35. The molecule has 2 heterocycles. The lowest BCUT2D eigenvalue weighted by molar-refractivity contribution is 0.139. The van der Waals surface area contributed by atoms with E-state index in [9.17, 15) is 4.39 Å². The lowest BCUT2D eigenvalue weighted by Crippen LogP contribution is -2.45. The van der Waals surface area contributed by atoms with Crippen molar-refractivity contribution in [2.45, 2.75) is 19.5 Å². The molecular weight excluding hydrogens is 257 g/mol. The van der Waals surface area contributed by atoms with Crippen LogP contribution in [0, 0.1) is 12.7 Å². The fraction of sp³-hybridized carbons (Fsp3) is 0.400. The Balaban J connectivity index is 1.80. The van der Waals surface area contributed by atoms with Crippen molar-refractivity contribution in [1.29, 1.82) is 0 Å². The van der Waals surface area contributed by atoms with Crippen molar-refractivity contribution >= 4 is 0 Å². The van der Waals surface area contributed by atoms with Crippen molar-refractivity contribution < 1.29 is 8.81 Å². The smallest absolute Gasteiger partial charge is 0.208 e. The molecule has 0 amide bonds. The van der Waals surface area contributed by atoms with Crippen LogP contribution in [0.1, 0.15) is 23.3 Å². The summed E-state index contributed by atoms with van der Waals surface area (Å²) in [6.45, 7) is 5.16. The first kappa shape index (κ1) is 13.3. The minimum absolute atomic E-state index is 0.145. The molecule has 1 aromatic heterocycles. The number of hydrogen-bond donors (Lipinski definition) is 1. The maximum absolute atomic E-state index is 13.4. The van der Waals surface area contributed by atoms with E-state index in [0.29, 0.717) is 12.4 Å². The molecule has 2 aromatic rings. The number of hydrogen-bond acceptors (Lipinski definition) is 4. The molecule has 1 saturated heterocycles. The Labute approximate surface area is 117 Å². The Kier molecular flexibility index (Phi) is 3.80. The average Bonchev–Trinajstić information content (AvgIpc) is 2.85. The predicted molar refractivity (Wildman–Crippen MR) is 73.7 cm³/mol. The van der Waals surface area contributed by atoms with E-state index in [1.54, 1.807) is 18.3 Å². The van der Waals surface area contributed by atoms with Gasteiger partial charge in [-0.15, -0.1) is 0 Å². The van der Waals surface area contributed by atoms with Crippen LogP contribution in [0.2, 0.25) is 0 Å². The topological polar surface area (TPSA) is 41.3 Å². The zero-order chi connectivity index (χ0) is 13.9. The summed E-state index contributed by atoms with van der Waals surface area (Å²) in [5, 5.41) is 3.36. The summed E-state index contributed by atoms with van der Waals surface area (Å²) in [5.74, 6) is 1.34. The summed E-state index contributed by atoms with van der Waals surface area (Å²) in [5.41, 5.74) is 0.987. The minimum atomic E-state index is -0.194. The van der Waals surface area contributed by atoms with Crippen LogP contribution in [0.4, 0.5) is 4.39 Å². The maximum Gasteiger partial charge on any atom is 0.208 e. The van der Waals surface area contributed by atoms with Gasteiger partial charge in [-0.05, 0) is 24.6 Å².